The number of nitrogens with zero attached hydrogens (tertiary/aromatic N) is 5. The molecule has 2 aromatic carbocycles. The normalized spacial score (nSPS) is 27.2. The Balaban J connectivity index is 1.25. The average molecular weight is 572 g/mol. The van der Waals surface area contributed by atoms with Gasteiger partial charge in [0.25, 0.3) is 0 Å². The van der Waals surface area contributed by atoms with E-state index in [4.69, 9.17) is 14.5 Å². The van der Waals surface area contributed by atoms with E-state index < -0.39 is 12.0 Å². The van der Waals surface area contributed by atoms with Gasteiger partial charge >= 0.3 is 6.01 Å². The average Bonchev–Trinajstić information content (AvgIpc) is 3.65. The molecular weight excluding hydrogens is 536 g/mol. The molecule has 5 heterocycles. The second kappa shape index (κ2) is 10.0. The summed E-state index contributed by atoms with van der Waals surface area (Å²) in [5.74, 6) is 2.03. The van der Waals surface area contributed by atoms with Gasteiger partial charge < -0.3 is 14.4 Å². The molecule has 0 radical (unpaired) electrons. The summed E-state index contributed by atoms with van der Waals surface area (Å²) in [7, 11) is 1.60. The van der Waals surface area contributed by atoms with Crippen LogP contribution in [-0.2, 0) is 0 Å². The van der Waals surface area contributed by atoms with Gasteiger partial charge in [0.1, 0.15) is 35.6 Å². The maximum atomic E-state index is 16.7. The Labute approximate surface area is 243 Å². The van der Waals surface area contributed by atoms with Crippen LogP contribution < -0.4 is 14.4 Å². The van der Waals surface area contributed by atoms with E-state index in [9.17, 15) is 4.39 Å². The van der Waals surface area contributed by atoms with Gasteiger partial charge in [0.2, 0.25) is 0 Å². The third-order valence-electron chi connectivity index (χ3n) is 10.1. The van der Waals surface area contributed by atoms with Crippen molar-refractivity contribution in [1.29, 1.82) is 0 Å². The van der Waals surface area contributed by atoms with Crippen LogP contribution in [0.5, 0.6) is 11.8 Å². The fraction of sp³-hybridized carbons (Fsp3) is 0.485. The van der Waals surface area contributed by atoms with E-state index in [-0.39, 0.29) is 22.8 Å². The van der Waals surface area contributed by atoms with Gasteiger partial charge in [-0.05, 0) is 73.4 Å². The number of benzene rings is 2. The highest BCUT2D eigenvalue weighted by Gasteiger charge is 2.49. The van der Waals surface area contributed by atoms with Gasteiger partial charge in [-0.1, -0.05) is 24.3 Å². The zero-order valence-corrected chi connectivity index (χ0v) is 23.9. The van der Waals surface area contributed by atoms with Crippen molar-refractivity contribution >= 4 is 27.5 Å². The predicted molar refractivity (Wildman–Crippen MR) is 158 cm³/mol. The summed E-state index contributed by atoms with van der Waals surface area (Å²) in [5.41, 5.74) is 0.705. The minimum absolute atomic E-state index is 0.144. The van der Waals surface area contributed by atoms with Crippen molar-refractivity contribution in [2.75, 3.05) is 44.8 Å². The Morgan fingerprint density at radius 1 is 1.05 bits per heavy atom. The third-order valence-corrected chi connectivity index (χ3v) is 10.1. The molecule has 218 valence electrons. The van der Waals surface area contributed by atoms with Crippen LogP contribution in [0.4, 0.5) is 14.6 Å². The number of hydrogen-bond acceptors (Lipinski definition) is 7. The Kier molecular flexibility index (Phi) is 6.21. The van der Waals surface area contributed by atoms with E-state index >= 15 is 4.39 Å². The number of pyridine rings is 1. The molecule has 2 unspecified atom stereocenters. The van der Waals surface area contributed by atoms with Gasteiger partial charge in [-0.2, -0.15) is 9.97 Å². The molecule has 7 nitrogen and oxygen atoms in total. The monoisotopic (exact) mass is 571 g/mol. The van der Waals surface area contributed by atoms with E-state index in [2.05, 4.69) is 19.8 Å². The maximum Gasteiger partial charge on any atom is 0.319 e. The molecule has 42 heavy (non-hydrogen) atoms. The van der Waals surface area contributed by atoms with Gasteiger partial charge in [0.05, 0.1) is 18.0 Å². The quantitative estimate of drug-likeness (QED) is 0.274. The summed E-state index contributed by atoms with van der Waals surface area (Å²) in [6.07, 6.45) is 6.89. The molecule has 9 heteroatoms. The van der Waals surface area contributed by atoms with Crippen LogP contribution in [0.25, 0.3) is 32.9 Å². The summed E-state index contributed by atoms with van der Waals surface area (Å²) in [6.45, 7) is 3.38. The largest absolute Gasteiger partial charge is 0.497 e. The zero-order chi connectivity index (χ0) is 28.4. The minimum Gasteiger partial charge on any atom is -0.497 e. The van der Waals surface area contributed by atoms with E-state index in [1.165, 1.54) is 19.3 Å². The van der Waals surface area contributed by atoms with Crippen molar-refractivity contribution in [2.24, 2.45) is 11.8 Å². The minimum atomic E-state index is -0.852. The first kappa shape index (κ1) is 26.1. The van der Waals surface area contributed by atoms with Crippen LogP contribution in [0.1, 0.15) is 38.5 Å². The van der Waals surface area contributed by atoms with E-state index in [1.54, 1.807) is 13.3 Å². The fourth-order valence-electron chi connectivity index (χ4n) is 8.14. The van der Waals surface area contributed by atoms with Crippen molar-refractivity contribution in [3.8, 4) is 23.0 Å². The van der Waals surface area contributed by atoms with Crippen molar-refractivity contribution in [2.45, 2.75) is 50.2 Å². The molecule has 3 aliphatic heterocycles. The lowest BCUT2D eigenvalue weighted by Gasteiger charge is -2.34. The Morgan fingerprint density at radius 3 is 2.71 bits per heavy atom. The lowest BCUT2D eigenvalue weighted by Crippen LogP contribution is -2.43. The molecule has 8 rings (SSSR count). The van der Waals surface area contributed by atoms with Crippen LogP contribution in [0, 0.1) is 17.7 Å². The molecule has 3 saturated heterocycles. The van der Waals surface area contributed by atoms with E-state index in [0.29, 0.717) is 53.9 Å². The molecule has 4 aliphatic rings. The number of piperidine rings is 1. The van der Waals surface area contributed by atoms with Crippen molar-refractivity contribution in [3.05, 3.63) is 48.4 Å². The first-order chi connectivity index (χ1) is 20.5. The lowest BCUT2D eigenvalue weighted by atomic mass is 9.95. The zero-order valence-electron chi connectivity index (χ0n) is 23.9. The molecule has 4 atom stereocenters. The van der Waals surface area contributed by atoms with E-state index in [1.807, 2.05) is 36.4 Å². The second-order valence-electron chi connectivity index (χ2n) is 12.7. The molecule has 2 aromatic heterocycles. The highest BCUT2D eigenvalue weighted by atomic mass is 19.1. The number of ether oxygens (including phenoxy) is 2. The molecule has 0 spiro atoms. The summed E-state index contributed by atoms with van der Waals surface area (Å²) < 4.78 is 43.0. The van der Waals surface area contributed by atoms with Crippen LogP contribution in [0.15, 0.2) is 42.6 Å². The Bertz CT molecular complexity index is 1670. The first-order valence-electron chi connectivity index (χ1n) is 15.2. The number of alkyl halides is 1. The van der Waals surface area contributed by atoms with Crippen LogP contribution >= 0.6 is 0 Å². The van der Waals surface area contributed by atoms with Crippen LogP contribution in [0.2, 0.25) is 0 Å². The smallest absolute Gasteiger partial charge is 0.319 e. The summed E-state index contributed by atoms with van der Waals surface area (Å²) in [5, 5.41) is 2.40. The number of halogens is 2. The SMILES string of the molecule is COc1cc(-c2ncc3c(N4CC5CCC(C5)C4)nc(OC[C@@]45CCCN4C[C@H](F)C5)nc3c2F)c2ccccc2c1. The standard InChI is InChI=1S/C33H35F2N5O2/c1-41-24-12-22-5-2-3-6-25(22)26(13-24)29-28(35)30-27(15-36-29)31(39-16-20-7-8-21(11-20)17-39)38-32(37-30)42-19-33-9-4-10-40(33)18-23(34)14-33/h2-3,5-6,12-13,15,20-21,23H,4,7-11,14,16-19H2,1H3/t20?,21?,23-,33+/m1/s1. The number of fused-ring (bicyclic) bond motifs is 5. The van der Waals surface area contributed by atoms with E-state index in [0.717, 1.165) is 43.2 Å². The number of anilines is 1. The van der Waals surface area contributed by atoms with Crippen molar-refractivity contribution in [3.63, 3.8) is 0 Å². The van der Waals surface area contributed by atoms with Crippen LogP contribution in [0.3, 0.4) is 0 Å². The van der Waals surface area contributed by atoms with Gasteiger partial charge in [-0.3, -0.25) is 9.88 Å². The highest BCUT2D eigenvalue weighted by Crippen LogP contribution is 2.43. The van der Waals surface area contributed by atoms with Gasteiger partial charge in [-0.25, -0.2) is 8.78 Å². The molecule has 0 N–H and O–H groups in total. The first-order valence-corrected chi connectivity index (χ1v) is 15.2. The molecule has 1 saturated carbocycles. The van der Waals surface area contributed by atoms with Gasteiger partial charge in [0.15, 0.2) is 5.82 Å². The van der Waals surface area contributed by atoms with Gasteiger partial charge in [-0.15, -0.1) is 0 Å². The number of methoxy groups -OCH3 is 1. The molecule has 0 amide bonds. The molecule has 1 aliphatic carbocycles. The van der Waals surface area contributed by atoms with Crippen molar-refractivity contribution in [1.82, 2.24) is 19.9 Å². The molecule has 2 bridgehead atoms. The summed E-state index contributed by atoms with van der Waals surface area (Å²) >= 11 is 0. The lowest BCUT2D eigenvalue weighted by molar-refractivity contribution is 0.107. The molecule has 4 fully saturated rings. The molecular formula is C33H35F2N5O2. The predicted octanol–water partition coefficient (Wildman–Crippen LogP) is 6.18. The molecule has 4 aromatic rings. The second-order valence-corrected chi connectivity index (χ2v) is 12.7. The fourth-order valence-corrected chi connectivity index (χ4v) is 8.14. The van der Waals surface area contributed by atoms with Gasteiger partial charge in [0, 0.05) is 37.8 Å². The Morgan fingerprint density at radius 2 is 1.88 bits per heavy atom. The maximum absolute atomic E-state index is 16.7. The highest BCUT2D eigenvalue weighted by molar-refractivity contribution is 6.00. The Hall–Kier alpha value is -3.59. The number of aromatic nitrogens is 3. The number of hydrogen-bond donors (Lipinski definition) is 0. The summed E-state index contributed by atoms with van der Waals surface area (Å²) in [6, 6.07) is 11.7. The summed E-state index contributed by atoms with van der Waals surface area (Å²) in [4.78, 5) is 18.7. The topological polar surface area (TPSA) is 63.6 Å². The number of rotatable bonds is 6. The van der Waals surface area contributed by atoms with Crippen LogP contribution in [-0.4, -0.2) is 71.5 Å². The van der Waals surface area contributed by atoms with Crippen molar-refractivity contribution < 1.29 is 18.3 Å². The third kappa shape index (κ3) is 4.27.